The van der Waals surface area contributed by atoms with Gasteiger partial charge in [-0.2, -0.15) is 0 Å². The summed E-state index contributed by atoms with van der Waals surface area (Å²) in [6.45, 7) is -0.0403. The number of hydrogen-bond acceptors (Lipinski definition) is 2. The van der Waals surface area contributed by atoms with Gasteiger partial charge in [-0.3, -0.25) is 4.31 Å². The van der Waals surface area contributed by atoms with E-state index in [1.54, 1.807) is 30.3 Å². The van der Waals surface area contributed by atoms with Crippen molar-refractivity contribution in [2.24, 2.45) is 0 Å². The van der Waals surface area contributed by atoms with Crippen molar-refractivity contribution in [1.29, 1.82) is 0 Å². The van der Waals surface area contributed by atoms with E-state index in [0.717, 1.165) is 5.39 Å². The molecule has 23 heavy (non-hydrogen) atoms. The van der Waals surface area contributed by atoms with Gasteiger partial charge in [-0.05, 0) is 35.7 Å². The van der Waals surface area contributed by atoms with Gasteiger partial charge in [0, 0.05) is 15.4 Å². The molecule has 0 bridgehead atoms. The Morgan fingerprint density at radius 1 is 1.04 bits per heavy atom. The summed E-state index contributed by atoms with van der Waals surface area (Å²) in [5.41, 5.74) is 0.922. The predicted octanol–water partition coefficient (Wildman–Crippen LogP) is 4.45. The fraction of sp³-hybridized carbons (Fsp3) is 0.0588. The van der Waals surface area contributed by atoms with E-state index < -0.39 is 15.8 Å². The molecule has 6 heteroatoms. The minimum absolute atomic E-state index is 0.0403. The van der Waals surface area contributed by atoms with Gasteiger partial charge < -0.3 is 0 Å². The summed E-state index contributed by atoms with van der Waals surface area (Å²) in [7, 11) is -3.67. The SMILES string of the molecule is O=S1(=O)c2cccc3cccc(c23)N1Cc1cc(Br)ccc1F. The van der Waals surface area contributed by atoms with Crippen LogP contribution in [-0.4, -0.2) is 8.42 Å². The van der Waals surface area contributed by atoms with E-state index in [-0.39, 0.29) is 11.4 Å². The maximum atomic E-state index is 14.1. The molecular weight excluding hydrogens is 381 g/mol. The van der Waals surface area contributed by atoms with Crippen LogP contribution in [-0.2, 0) is 16.6 Å². The smallest absolute Gasteiger partial charge is 0.261 e. The molecule has 0 aromatic heterocycles. The highest BCUT2D eigenvalue weighted by Gasteiger charge is 2.35. The molecule has 0 spiro atoms. The number of hydrogen-bond donors (Lipinski definition) is 0. The topological polar surface area (TPSA) is 37.4 Å². The van der Waals surface area contributed by atoms with Crippen molar-refractivity contribution in [3.05, 3.63) is 70.5 Å². The molecule has 0 radical (unpaired) electrons. The Labute approximate surface area is 141 Å². The van der Waals surface area contributed by atoms with E-state index in [1.165, 1.54) is 10.4 Å². The van der Waals surface area contributed by atoms with Crippen molar-refractivity contribution < 1.29 is 12.8 Å². The summed E-state index contributed by atoms with van der Waals surface area (Å²) in [6.07, 6.45) is 0. The van der Waals surface area contributed by atoms with Gasteiger partial charge in [-0.15, -0.1) is 0 Å². The quantitative estimate of drug-likeness (QED) is 0.646. The molecule has 0 saturated carbocycles. The molecule has 116 valence electrons. The monoisotopic (exact) mass is 391 g/mol. The number of halogens is 2. The molecule has 3 nitrogen and oxygen atoms in total. The van der Waals surface area contributed by atoms with E-state index >= 15 is 0 Å². The first-order valence-electron chi connectivity index (χ1n) is 6.97. The van der Waals surface area contributed by atoms with Crippen LogP contribution in [0.15, 0.2) is 64.0 Å². The van der Waals surface area contributed by atoms with E-state index in [0.29, 0.717) is 21.1 Å². The predicted molar refractivity (Wildman–Crippen MR) is 91.4 cm³/mol. The second-order valence-electron chi connectivity index (χ2n) is 5.38. The standard InChI is InChI=1S/C17H11BrFNO2S/c18-13-7-8-14(19)12(9-13)10-20-15-5-1-3-11-4-2-6-16(17(11)15)23(20,21)22/h1-9H,10H2. The average Bonchev–Trinajstić information content (AvgIpc) is 2.75. The molecule has 0 aliphatic carbocycles. The minimum atomic E-state index is -3.67. The highest BCUT2D eigenvalue weighted by molar-refractivity contribution is 9.10. The fourth-order valence-electron chi connectivity index (χ4n) is 2.95. The van der Waals surface area contributed by atoms with Gasteiger partial charge in [0.1, 0.15) is 5.82 Å². The summed E-state index contributed by atoms with van der Waals surface area (Å²) in [4.78, 5) is 0.279. The summed E-state index contributed by atoms with van der Waals surface area (Å²) in [5.74, 6) is -0.425. The molecule has 0 fully saturated rings. The van der Waals surface area contributed by atoms with Gasteiger partial charge >= 0.3 is 0 Å². The molecule has 0 N–H and O–H groups in total. The van der Waals surface area contributed by atoms with Gasteiger partial charge in [0.05, 0.1) is 17.1 Å². The second kappa shape index (κ2) is 5.04. The number of sulfonamides is 1. The highest BCUT2D eigenvalue weighted by Crippen LogP contribution is 2.42. The van der Waals surface area contributed by atoms with E-state index in [9.17, 15) is 12.8 Å². The molecule has 1 heterocycles. The zero-order valence-corrected chi connectivity index (χ0v) is 14.2. The van der Waals surface area contributed by atoms with Gasteiger partial charge in [0.25, 0.3) is 10.0 Å². The maximum absolute atomic E-state index is 14.1. The van der Waals surface area contributed by atoms with Gasteiger partial charge in [-0.1, -0.05) is 40.2 Å². The molecule has 1 aliphatic rings. The van der Waals surface area contributed by atoms with Crippen molar-refractivity contribution in [2.45, 2.75) is 11.4 Å². The summed E-state index contributed by atoms with van der Waals surface area (Å²) in [6, 6.07) is 15.2. The van der Waals surface area contributed by atoms with Crippen LogP contribution in [0.25, 0.3) is 10.8 Å². The third-order valence-corrected chi connectivity index (χ3v) is 6.30. The van der Waals surface area contributed by atoms with Gasteiger partial charge in [0.15, 0.2) is 0 Å². The van der Waals surface area contributed by atoms with Gasteiger partial charge in [-0.25, -0.2) is 12.8 Å². The van der Waals surface area contributed by atoms with Crippen LogP contribution in [0.1, 0.15) is 5.56 Å². The molecular formula is C17H11BrFNO2S. The molecule has 0 atom stereocenters. The molecule has 4 rings (SSSR count). The van der Waals surface area contributed by atoms with Crippen molar-refractivity contribution >= 4 is 42.4 Å². The number of anilines is 1. The van der Waals surface area contributed by atoms with Crippen molar-refractivity contribution in [1.82, 2.24) is 0 Å². The lowest BCUT2D eigenvalue weighted by molar-refractivity contribution is 0.588. The molecule has 3 aromatic carbocycles. The summed E-state index contributed by atoms with van der Waals surface area (Å²) in [5, 5.41) is 1.56. The Kier molecular flexibility index (Phi) is 3.21. The number of nitrogens with zero attached hydrogens (tertiary/aromatic N) is 1. The van der Waals surface area contributed by atoms with Crippen LogP contribution in [0, 0.1) is 5.82 Å². The first-order chi connectivity index (χ1) is 11.0. The van der Waals surface area contributed by atoms with Crippen LogP contribution >= 0.6 is 15.9 Å². The normalized spacial score (nSPS) is 15.3. The van der Waals surface area contributed by atoms with Crippen molar-refractivity contribution in [3.63, 3.8) is 0 Å². The van der Waals surface area contributed by atoms with Crippen molar-refractivity contribution in [3.8, 4) is 0 Å². The van der Waals surface area contributed by atoms with Crippen LogP contribution < -0.4 is 4.31 Å². The highest BCUT2D eigenvalue weighted by atomic mass is 79.9. The zero-order valence-electron chi connectivity index (χ0n) is 11.8. The van der Waals surface area contributed by atoms with E-state index in [2.05, 4.69) is 15.9 Å². The number of benzene rings is 3. The lowest BCUT2D eigenvalue weighted by atomic mass is 10.1. The third-order valence-electron chi connectivity index (χ3n) is 4.00. The van der Waals surface area contributed by atoms with Crippen LogP contribution in [0.5, 0.6) is 0 Å². The first-order valence-corrected chi connectivity index (χ1v) is 9.20. The van der Waals surface area contributed by atoms with Crippen molar-refractivity contribution in [2.75, 3.05) is 4.31 Å². The largest absolute Gasteiger partial charge is 0.265 e. The van der Waals surface area contributed by atoms with Gasteiger partial charge in [0.2, 0.25) is 0 Å². The Balaban J connectivity index is 1.91. The Morgan fingerprint density at radius 3 is 2.57 bits per heavy atom. The molecule has 0 saturated heterocycles. The van der Waals surface area contributed by atoms with E-state index in [1.807, 2.05) is 18.2 Å². The van der Waals surface area contributed by atoms with Crippen LogP contribution in [0.2, 0.25) is 0 Å². The van der Waals surface area contributed by atoms with Crippen LogP contribution in [0.4, 0.5) is 10.1 Å². The fourth-order valence-corrected chi connectivity index (χ4v) is 5.04. The molecule has 1 aliphatic heterocycles. The Morgan fingerprint density at radius 2 is 1.78 bits per heavy atom. The molecule has 3 aromatic rings. The Bertz CT molecular complexity index is 1040. The average molecular weight is 392 g/mol. The summed E-state index contributed by atoms with van der Waals surface area (Å²) >= 11 is 3.30. The second-order valence-corrected chi connectivity index (χ2v) is 8.13. The zero-order chi connectivity index (χ0) is 16.2. The molecule has 0 unspecified atom stereocenters. The lowest BCUT2D eigenvalue weighted by Crippen LogP contribution is -2.27. The van der Waals surface area contributed by atoms with E-state index in [4.69, 9.17) is 0 Å². The number of rotatable bonds is 2. The maximum Gasteiger partial charge on any atom is 0.265 e. The molecule has 0 amide bonds. The lowest BCUT2D eigenvalue weighted by Gasteiger charge is -2.19. The third kappa shape index (κ3) is 2.16. The minimum Gasteiger partial charge on any atom is -0.261 e. The summed E-state index contributed by atoms with van der Waals surface area (Å²) < 4.78 is 41.7. The Hall–Kier alpha value is -1.92. The first kappa shape index (κ1) is 14.7. The van der Waals surface area contributed by atoms with Crippen LogP contribution in [0.3, 0.4) is 0 Å².